The third kappa shape index (κ3) is 4.41. The summed E-state index contributed by atoms with van der Waals surface area (Å²) in [7, 11) is 1.53. The molecule has 1 unspecified atom stereocenters. The zero-order chi connectivity index (χ0) is 25.5. The minimum Gasteiger partial charge on any atom is -0.504 e. The molecule has 3 heterocycles. The summed E-state index contributed by atoms with van der Waals surface area (Å²) in [6.45, 7) is 3.00. The Morgan fingerprint density at radius 3 is 2.68 bits per heavy atom. The van der Waals surface area contributed by atoms with Gasteiger partial charge in [0.2, 0.25) is 0 Å². The van der Waals surface area contributed by atoms with E-state index in [2.05, 4.69) is 14.8 Å². The summed E-state index contributed by atoms with van der Waals surface area (Å²) in [6, 6.07) is 9.94. The Morgan fingerprint density at radius 2 is 1.89 bits per heavy atom. The number of aromatic hydroxyl groups is 1. The second-order valence-electron chi connectivity index (χ2n) is 9.59. The monoisotopic (exact) mass is 538 g/mol. The van der Waals surface area contributed by atoms with E-state index in [1.807, 2.05) is 23.5 Å². The third-order valence-corrected chi connectivity index (χ3v) is 9.00. The fourth-order valence-electron chi connectivity index (χ4n) is 5.70. The number of piperazine rings is 1. The van der Waals surface area contributed by atoms with Crippen LogP contribution in [-0.2, 0) is 12.8 Å². The molecule has 2 aromatic carbocycles. The number of thiophene rings is 1. The van der Waals surface area contributed by atoms with Crippen molar-refractivity contribution in [3.8, 4) is 11.5 Å². The first-order valence-electron chi connectivity index (χ1n) is 12.6. The van der Waals surface area contributed by atoms with Gasteiger partial charge in [-0.1, -0.05) is 29.8 Å². The van der Waals surface area contributed by atoms with Crippen LogP contribution < -0.4 is 9.64 Å². The lowest BCUT2D eigenvalue weighted by Crippen LogP contribution is -2.48. The number of halogens is 2. The third-order valence-electron chi connectivity index (χ3n) is 7.51. The summed E-state index contributed by atoms with van der Waals surface area (Å²) in [5, 5.41) is 12.3. The Bertz CT molecular complexity index is 1450. The average molecular weight is 539 g/mol. The Balaban J connectivity index is 1.33. The van der Waals surface area contributed by atoms with E-state index >= 15 is 0 Å². The highest BCUT2D eigenvalue weighted by molar-refractivity contribution is 7.19. The van der Waals surface area contributed by atoms with Crippen molar-refractivity contribution in [2.75, 3.05) is 38.2 Å². The molecule has 0 bridgehead atoms. The summed E-state index contributed by atoms with van der Waals surface area (Å²) < 4.78 is 19.4. The number of hydrogen-bond acceptors (Lipinski definition) is 7. The number of para-hydroxylation sites is 1. The molecule has 1 saturated heterocycles. The Hall–Kier alpha value is -2.94. The highest BCUT2D eigenvalue weighted by Crippen LogP contribution is 2.42. The summed E-state index contributed by atoms with van der Waals surface area (Å²) in [4.78, 5) is 16.5. The van der Waals surface area contributed by atoms with Crippen molar-refractivity contribution in [3.05, 3.63) is 75.1 Å². The predicted molar refractivity (Wildman–Crippen MR) is 146 cm³/mol. The Morgan fingerprint density at radius 1 is 1.08 bits per heavy atom. The Kier molecular flexibility index (Phi) is 6.65. The van der Waals surface area contributed by atoms with Crippen LogP contribution in [-0.4, -0.2) is 53.3 Å². The molecule has 2 aliphatic rings. The van der Waals surface area contributed by atoms with Gasteiger partial charge in [-0.2, -0.15) is 0 Å². The lowest BCUT2D eigenvalue weighted by molar-refractivity contribution is 0.208. The number of hydrogen-bond donors (Lipinski definition) is 1. The maximum absolute atomic E-state index is 14.0. The molecule has 6 nitrogen and oxygen atoms in total. The maximum atomic E-state index is 14.0. The number of rotatable bonds is 5. The molecule has 4 aromatic rings. The van der Waals surface area contributed by atoms with Crippen LogP contribution in [0, 0.1) is 5.82 Å². The molecule has 1 N–H and O–H groups in total. The average Bonchev–Trinajstić information content (AvgIpc) is 3.31. The molecule has 37 heavy (non-hydrogen) atoms. The second kappa shape index (κ2) is 10.1. The molecule has 2 aromatic heterocycles. The molecule has 9 heteroatoms. The van der Waals surface area contributed by atoms with Gasteiger partial charge in [0.25, 0.3) is 0 Å². The van der Waals surface area contributed by atoms with Gasteiger partial charge in [-0.05, 0) is 55.0 Å². The number of methoxy groups -OCH3 is 1. The fraction of sp³-hybridized carbons (Fsp3) is 0.357. The van der Waals surface area contributed by atoms with Gasteiger partial charge in [0.05, 0.1) is 23.6 Å². The van der Waals surface area contributed by atoms with E-state index in [9.17, 15) is 9.50 Å². The molecule has 1 atom stereocenters. The molecule has 6 rings (SSSR count). The minimum atomic E-state index is -0.462. The molecular formula is C28H28ClFN4O2S. The number of fused-ring (bicyclic) bond motifs is 3. The van der Waals surface area contributed by atoms with Crippen LogP contribution in [0.15, 0.2) is 42.7 Å². The minimum absolute atomic E-state index is 0.0640. The zero-order valence-electron chi connectivity index (χ0n) is 20.6. The van der Waals surface area contributed by atoms with E-state index in [1.165, 1.54) is 41.8 Å². The molecule has 1 fully saturated rings. The van der Waals surface area contributed by atoms with Crippen LogP contribution in [0.1, 0.15) is 40.5 Å². The van der Waals surface area contributed by atoms with Crippen LogP contribution in [0.25, 0.3) is 10.2 Å². The SMILES string of the molecule is COc1cccc(C(c2ccc(F)c(Cl)c2)N2CCN(c3ncnc4sc5c(c34)CCCC5)CC2)c1O. The molecular weight excluding hydrogens is 511 g/mol. The summed E-state index contributed by atoms with van der Waals surface area (Å²) >= 11 is 8.00. The van der Waals surface area contributed by atoms with E-state index < -0.39 is 5.82 Å². The van der Waals surface area contributed by atoms with Gasteiger partial charge in [0, 0.05) is 36.6 Å². The first kappa shape index (κ1) is 24.4. The predicted octanol–water partition coefficient (Wildman–Crippen LogP) is 5.99. The number of phenols is 1. The van der Waals surface area contributed by atoms with Gasteiger partial charge >= 0.3 is 0 Å². The van der Waals surface area contributed by atoms with Crippen molar-refractivity contribution in [1.82, 2.24) is 14.9 Å². The lowest BCUT2D eigenvalue weighted by atomic mass is 9.95. The topological polar surface area (TPSA) is 61.7 Å². The van der Waals surface area contributed by atoms with Gasteiger partial charge in [0.1, 0.15) is 22.8 Å². The smallest absolute Gasteiger partial charge is 0.162 e. The van der Waals surface area contributed by atoms with Crippen molar-refractivity contribution >= 4 is 39.0 Å². The van der Waals surface area contributed by atoms with Crippen molar-refractivity contribution < 1.29 is 14.2 Å². The van der Waals surface area contributed by atoms with Gasteiger partial charge in [-0.15, -0.1) is 11.3 Å². The molecule has 0 radical (unpaired) electrons. The van der Waals surface area contributed by atoms with Crippen LogP contribution in [0.2, 0.25) is 5.02 Å². The van der Waals surface area contributed by atoms with E-state index in [0.29, 0.717) is 11.3 Å². The van der Waals surface area contributed by atoms with Crippen molar-refractivity contribution in [2.24, 2.45) is 0 Å². The van der Waals surface area contributed by atoms with Gasteiger partial charge < -0.3 is 14.7 Å². The Labute approximate surface area is 224 Å². The van der Waals surface area contributed by atoms with E-state index in [0.717, 1.165) is 55.2 Å². The highest BCUT2D eigenvalue weighted by Gasteiger charge is 2.31. The maximum Gasteiger partial charge on any atom is 0.162 e. The summed E-state index contributed by atoms with van der Waals surface area (Å²) in [5.41, 5.74) is 2.95. The molecule has 0 saturated carbocycles. The number of anilines is 1. The normalized spacial score (nSPS) is 17.1. The highest BCUT2D eigenvalue weighted by atomic mass is 35.5. The number of phenolic OH excluding ortho intramolecular Hbond substituents is 1. The number of aryl methyl sites for hydroxylation is 2. The number of aromatic nitrogens is 2. The molecule has 192 valence electrons. The molecule has 1 aliphatic carbocycles. The van der Waals surface area contributed by atoms with Crippen LogP contribution >= 0.6 is 22.9 Å². The van der Waals surface area contributed by atoms with Crippen LogP contribution in [0.5, 0.6) is 11.5 Å². The molecule has 0 spiro atoms. The molecule has 0 amide bonds. The molecule has 1 aliphatic heterocycles. The standard InChI is InChI=1S/C28H28ClFN4O2S/c1-36-22-7-4-6-19(26(22)35)25(17-9-10-21(30)20(29)15-17)33-11-13-34(14-12-33)27-24-18-5-2-3-8-23(18)37-28(24)32-16-31-27/h4,6-7,9-10,15-16,25,35H,2-3,5,8,11-14H2,1H3. The number of ether oxygens (including phenoxy) is 1. The largest absolute Gasteiger partial charge is 0.504 e. The lowest BCUT2D eigenvalue weighted by Gasteiger charge is -2.40. The van der Waals surface area contributed by atoms with Crippen LogP contribution in [0.4, 0.5) is 10.2 Å². The first-order chi connectivity index (χ1) is 18.0. The van der Waals surface area contributed by atoms with Crippen LogP contribution in [0.3, 0.4) is 0 Å². The van der Waals surface area contributed by atoms with Crippen molar-refractivity contribution in [1.29, 1.82) is 0 Å². The number of benzene rings is 2. The summed E-state index contributed by atoms with van der Waals surface area (Å²) in [6.07, 6.45) is 6.37. The van der Waals surface area contributed by atoms with Crippen molar-refractivity contribution in [3.63, 3.8) is 0 Å². The zero-order valence-corrected chi connectivity index (χ0v) is 22.2. The number of nitrogens with zero attached hydrogens (tertiary/aromatic N) is 4. The van der Waals surface area contributed by atoms with E-state index in [4.69, 9.17) is 21.3 Å². The van der Waals surface area contributed by atoms with E-state index in [-0.39, 0.29) is 16.8 Å². The van der Waals surface area contributed by atoms with Crippen molar-refractivity contribution in [2.45, 2.75) is 31.7 Å². The van der Waals surface area contributed by atoms with E-state index in [1.54, 1.807) is 24.5 Å². The second-order valence-corrected chi connectivity index (χ2v) is 11.1. The quantitative estimate of drug-likeness (QED) is 0.337. The first-order valence-corrected chi connectivity index (χ1v) is 13.8. The van der Waals surface area contributed by atoms with Gasteiger partial charge in [-0.25, -0.2) is 14.4 Å². The van der Waals surface area contributed by atoms with Gasteiger partial charge in [0.15, 0.2) is 11.5 Å². The summed E-state index contributed by atoms with van der Waals surface area (Å²) in [5.74, 6) is 1.05. The van der Waals surface area contributed by atoms with Gasteiger partial charge in [-0.3, -0.25) is 4.90 Å². The fourth-order valence-corrected chi connectivity index (χ4v) is 7.11.